The monoisotopic (exact) mass is 304 g/mol. The molecule has 0 aromatic heterocycles. The Hall–Kier alpha value is -0.580. The van der Waals surface area contributed by atoms with Gasteiger partial charge in [0.25, 0.3) is 0 Å². The summed E-state index contributed by atoms with van der Waals surface area (Å²) < 4.78 is 23.8. The Bertz CT molecular complexity index is 414. The Balaban J connectivity index is 2.67. The Morgan fingerprint density at radius 1 is 1.25 bits per heavy atom. The molecule has 0 amide bonds. The van der Waals surface area contributed by atoms with Crippen LogP contribution in [-0.2, 0) is 14.6 Å². The van der Waals surface area contributed by atoms with Crippen molar-refractivity contribution in [1.82, 2.24) is 0 Å². The number of rotatable bonds is 7. The van der Waals surface area contributed by atoms with Crippen molar-refractivity contribution in [3.63, 3.8) is 0 Å². The molecule has 1 N–H and O–H groups in total. The molecular weight excluding hydrogens is 276 g/mol. The summed E-state index contributed by atoms with van der Waals surface area (Å²) >= 11 is 0. The molecule has 3 atom stereocenters. The highest BCUT2D eigenvalue weighted by molar-refractivity contribution is 7.91. The molecule has 0 aromatic rings. The summed E-state index contributed by atoms with van der Waals surface area (Å²) in [5.41, 5.74) is 0. The van der Waals surface area contributed by atoms with Gasteiger partial charge in [0, 0.05) is 0 Å². The van der Waals surface area contributed by atoms with Gasteiger partial charge < -0.3 is 5.11 Å². The van der Waals surface area contributed by atoms with Crippen LogP contribution in [0, 0.1) is 17.8 Å². The van der Waals surface area contributed by atoms with Gasteiger partial charge in [-0.25, -0.2) is 8.42 Å². The Labute approximate surface area is 122 Å². The molecule has 0 heterocycles. The van der Waals surface area contributed by atoms with Crippen LogP contribution >= 0.6 is 0 Å². The zero-order valence-electron chi connectivity index (χ0n) is 12.8. The van der Waals surface area contributed by atoms with Gasteiger partial charge in [0.05, 0.1) is 16.9 Å². The lowest BCUT2D eigenvalue weighted by Gasteiger charge is -2.34. The van der Waals surface area contributed by atoms with Gasteiger partial charge in [-0.15, -0.1) is 0 Å². The molecule has 118 valence electrons. The van der Waals surface area contributed by atoms with Crippen LogP contribution in [0.5, 0.6) is 0 Å². The van der Waals surface area contributed by atoms with Crippen LogP contribution < -0.4 is 0 Å². The molecular formula is C15H28O4S. The van der Waals surface area contributed by atoms with E-state index in [-0.39, 0.29) is 22.8 Å². The molecule has 0 bridgehead atoms. The maximum absolute atomic E-state index is 11.9. The third kappa shape index (κ3) is 4.76. The molecule has 1 saturated carbocycles. The van der Waals surface area contributed by atoms with Crippen molar-refractivity contribution in [3.05, 3.63) is 0 Å². The topological polar surface area (TPSA) is 71.4 Å². The second-order valence-electron chi connectivity index (χ2n) is 6.38. The molecule has 0 spiro atoms. The van der Waals surface area contributed by atoms with Crippen molar-refractivity contribution >= 4 is 15.8 Å². The van der Waals surface area contributed by atoms with Gasteiger partial charge in [-0.2, -0.15) is 0 Å². The minimum absolute atomic E-state index is 0.0197. The second-order valence-corrected chi connectivity index (χ2v) is 9.05. The van der Waals surface area contributed by atoms with E-state index >= 15 is 0 Å². The van der Waals surface area contributed by atoms with E-state index in [1.807, 2.05) is 0 Å². The normalized spacial score (nSPS) is 27.7. The maximum Gasteiger partial charge on any atom is 0.306 e. The zero-order valence-corrected chi connectivity index (χ0v) is 13.7. The number of carboxylic acid groups (broad SMARTS) is 1. The first kappa shape index (κ1) is 17.5. The van der Waals surface area contributed by atoms with Gasteiger partial charge in [-0.05, 0) is 51.4 Å². The third-order valence-corrected chi connectivity index (χ3v) is 6.84. The summed E-state index contributed by atoms with van der Waals surface area (Å²) in [7, 11) is -3.07. The molecule has 3 unspecified atom stereocenters. The molecule has 0 radical (unpaired) electrons. The first-order chi connectivity index (χ1) is 9.27. The van der Waals surface area contributed by atoms with E-state index in [1.54, 1.807) is 13.8 Å². The predicted octanol–water partition coefficient (Wildman–Crippen LogP) is 3.12. The standard InChI is InChI=1S/C15H28O4S/c1-4-5-12-6-7-14(15(16)17)13(10-12)8-9-20(18,19)11(2)3/h11-14H,4-10H2,1-3H3,(H,16,17). The van der Waals surface area contributed by atoms with Gasteiger partial charge in [-0.1, -0.05) is 19.8 Å². The molecule has 1 aliphatic rings. The lowest BCUT2D eigenvalue weighted by Crippen LogP contribution is -2.32. The Kier molecular flexibility index (Phi) is 6.49. The number of carboxylic acids is 1. The van der Waals surface area contributed by atoms with E-state index in [4.69, 9.17) is 0 Å². The van der Waals surface area contributed by atoms with E-state index in [0.29, 0.717) is 18.8 Å². The van der Waals surface area contributed by atoms with Crippen molar-refractivity contribution in [2.24, 2.45) is 17.8 Å². The fourth-order valence-electron chi connectivity index (χ4n) is 3.23. The SMILES string of the molecule is CCCC1CCC(C(=O)O)C(CCS(=O)(=O)C(C)C)C1. The van der Waals surface area contributed by atoms with Crippen molar-refractivity contribution < 1.29 is 18.3 Å². The van der Waals surface area contributed by atoms with Crippen LogP contribution in [0.4, 0.5) is 0 Å². The summed E-state index contributed by atoms with van der Waals surface area (Å²) in [6.07, 6.45) is 5.28. The number of hydrogen-bond donors (Lipinski definition) is 1. The van der Waals surface area contributed by atoms with Gasteiger partial charge in [0.2, 0.25) is 0 Å². The minimum Gasteiger partial charge on any atom is -0.481 e. The molecule has 5 heteroatoms. The largest absolute Gasteiger partial charge is 0.481 e. The molecule has 0 saturated heterocycles. The van der Waals surface area contributed by atoms with Crippen LogP contribution in [0.25, 0.3) is 0 Å². The van der Waals surface area contributed by atoms with Crippen LogP contribution in [0.15, 0.2) is 0 Å². The Morgan fingerprint density at radius 2 is 1.90 bits per heavy atom. The highest BCUT2D eigenvalue weighted by atomic mass is 32.2. The first-order valence-corrected chi connectivity index (χ1v) is 9.43. The second kappa shape index (κ2) is 7.43. The molecule has 0 aromatic carbocycles. The number of aliphatic carboxylic acids is 1. The smallest absolute Gasteiger partial charge is 0.306 e. The molecule has 20 heavy (non-hydrogen) atoms. The fourth-order valence-corrected chi connectivity index (χ4v) is 4.33. The van der Waals surface area contributed by atoms with Crippen LogP contribution in [-0.4, -0.2) is 30.5 Å². The number of hydrogen-bond acceptors (Lipinski definition) is 3. The van der Waals surface area contributed by atoms with Crippen molar-refractivity contribution in [1.29, 1.82) is 0 Å². The highest BCUT2D eigenvalue weighted by Gasteiger charge is 2.35. The maximum atomic E-state index is 11.9. The summed E-state index contributed by atoms with van der Waals surface area (Å²) in [5.74, 6) is -0.399. The quantitative estimate of drug-likeness (QED) is 0.784. The van der Waals surface area contributed by atoms with Crippen molar-refractivity contribution in [3.8, 4) is 0 Å². The summed E-state index contributed by atoms with van der Waals surface area (Å²) in [6.45, 7) is 5.51. The van der Waals surface area contributed by atoms with Gasteiger partial charge in [-0.3, -0.25) is 4.79 Å². The predicted molar refractivity (Wildman–Crippen MR) is 80.4 cm³/mol. The molecule has 1 rings (SSSR count). The van der Waals surface area contributed by atoms with Crippen LogP contribution in [0.2, 0.25) is 0 Å². The van der Waals surface area contributed by atoms with Gasteiger partial charge >= 0.3 is 5.97 Å². The van der Waals surface area contributed by atoms with E-state index in [2.05, 4.69) is 6.92 Å². The van der Waals surface area contributed by atoms with Crippen molar-refractivity contribution in [2.75, 3.05) is 5.75 Å². The lowest BCUT2D eigenvalue weighted by molar-refractivity contribution is -0.145. The van der Waals surface area contributed by atoms with E-state index in [9.17, 15) is 18.3 Å². The van der Waals surface area contributed by atoms with Crippen molar-refractivity contribution in [2.45, 2.75) is 64.5 Å². The van der Waals surface area contributed by atoms with E-state index < -0.39 is 15.8 Å². The number of carbonyl (C=O) groups is 1. The first-order valence-electron chi connectivity index (χ1n) is 7.72. The summed E-state index contributed by atoms with van der Waals surface area (Å²) in [4.78, 5) is 11.3. The van der Waals surface area contributed by atoms with E-state index in [0.717, 1.165) is 25.7 Å². The highest BCUT2D eigenvalue weighted by Crippen LogP contribution is 2.38. The Morgan fingerprint density at radius 3 is 2.40 bits per heavy atom. The molecule has 0 aliphatic heterocycles. The average Bonchev–Trinajstić information content (AvgIpc) is 2.36. The summed E-state index contributed by atoms with van der Waals surface area (Å²) in [5, 5.41) is 8.94. The fraction of sp³-hybridized carbons (Fsp3) is 0.933. The van der Waals surface area contributed by atoms with Gasteiger partial charge in [0.1, 0.15) is 0 Å². The minimum atomic E-state index is -3.07. The molecule has 4 nitrogen and oxygen atoms in total. The molecule has 1 aliphatic carbocycles. The third-order valence-electron chi connectivity index (χ3n) is 4.60. The lowest BCUT2D eigenvalue weighted by atomic mass is 9.72. The van der Waals surface area contributed by atoms with Gasteiger partial charge in [0.15, 0.2) is 9.84 Å². The van der Waals surface area contributed by atoms with E-state index in [1.165, 1.54) is 0 Å². The van der Waals surface area contributed by atoms with Crippen LogP contribution in [0.3, 0.4) is 0 Å². The zero-order chi connectivity index (χ0) is 15.3. The molecule has 1 fully saturated rings. The average molecular weight is 304 g/mol. The van der Waals surface area contributed by atoms with Crippen LogP contribution in [0.1, 0.15) is 59.3 Å². The number of sulfone groups is 1. The summed E-state index contributed by atoms with van der Waals surface area (Å²) in [6, 6.07) is 0.